The summed E-state index contributed by atoms with van der Waals surface area (Å²) in [7, 11) is 1.46. The van der Waals surface area contributed by atoms with Crippen LogP contribution in [0.15, 0.2) is 48.5 Å². The average Bonchev–Trinajstić information content (AvgIpc) is 2.54. The molecule has 2 aromatic carbocycles. The zero-order chi connectivity index (χ0) is 15.1. The van der Waals surface area contributed by atoms with E-state index < -0.39 is 0 Å². The average molecular weight is 288 g/mol. The largest absolute Gasteiger partial charge is 0.494 e. The van der Waals surface area contributed by atoms with Crippen LogP contribution in [0.25, 0.3) is 0 Å². The van der Waals surface area contributed by atoms with Gasteiger partial charge in [-0.05, 0) is 30.5 Å². The van der Waals surface area contributed by atoms with Crippen molar-refractivity contribution in [3.63, 3.8) is 0 Å². The van der Waals surface area contributed by atoms with Crippen LogP contribution in [-0.2, 0) is 6.42 Å². The van der Waals surface area contributed by atoms with Gasteiger partial charge in [-0.3, -0.25) is 0 Å². The summed E-state index contributed by atoms with van der Waals surface area (Å²) < 4.78 is 18.4. The van der Waals surface area contributed by atoms with Crippen LogP contribution in [0.5, 0.6) is 5.75 Å². The molecule has 0 aliphatic rings. The molecule has 1 unspecified atom stereocenters. The summed E-state index contributed by atoms with van der Waals surface area (Å²) in [5, 5.41) is 3.33. The van der Waals surface area contributed by atoms with Crippen LogP contribution >= 0.6 is 0 Å². The molecule has 0 amide bonds. The number of hydrogen-bond acceptors (Lipinski definition) is 3. The highest BCUT2D eigenvalue weighted by Gasteiger charge is 2.09. The molecule has 0 aromatic heterocycles. The van der Waals surface area contributed by atoms with Gasteiger partial charge in [-0.2, -0.15) is 0 Å². The second-order valence-corrected chi connectivity index (χ2v) is 4.95. The van der Waals surface area contributed by atoms with Gasteiger partial charge in [-0.1, -0.05) is 30.3 Å². The summed E-state index contributed by atoms with van der Waals surface area (Å²) in [4.78, 5) is 0. The van der Waals surface area contributed by atoms with Crippen molar-refractivity contribution in [2.45, 2.75) is 18.9 Å². The van der Waals surface area contributed by atoms with E-state index in [1.54, 1.807) is 12.1 Å². The first-order valence-electron chi connectivity index (χ1n) is 7.07. The molecule has 2 aromatic rings. The molecule has 112 valence electrons. The Morgan fingerprint density at radius 3 is 2.62 bits per heavy atom. The number of anilines is 1. The maximum atomic E-state index is 13.4. The van der Waals surface area contributed by atoms with Crippen molar-refractivity contribution in [1.82, 2.24) is 0 Å². The first-order valence-corrected chi connectivity index (χ1v) is 7.07. The fourth-order valence-corrected chi connectivity index (χ4v) is 2.22. The molecule has 4 heteroatoms. The topological polar surface area (TPSA) is 47.3 Å². The molecule has 0 bridgehead atoms. The third-order valence-electron chi connectivity index (χ3n) is 3.43. The smallest absolute Gasteiger partial charge is 0.165 e. The molecule has 0 saturated heterocycles. The van der Waals surface area contributed by atoms with Crippen molar-refractivity contribution in [1.29, 1.82) is 0 Å². The first kappa shape index (κ1) is 15.3. The Labute approximate surface area is 124 Å². The summed E-state index contributed by atoms with van der Waals surface area (Å²) in [6.07, 6.45) is 1.87. The Morgan fingerprint density at radius 2 is 1.95 bits per heavy atom. The minimum absolute atomic E-state index is 0.139. The molecule has 21 heavy (non-hydrogen) atoms. The van der Waals surface area contributed by atoms with Gasteiger partial charge >= 0.3 is 0 Å². The number of rotatable bonds is 7. The van der Waals surface area contributed by atoms with Crippen LogP contribution in [-0.4, -0.2) is 19.7 Å². The zero-order valence-corrected chi connectivity index (χ0v) is 12.2. The monoisotopic (exact) mass is 288 g/mol. The van der Waals surface area contributed by atoms with Crippen LogP contribution in [0.3, 0.4) is 0 Å². The van der Waals surface area contributed by atoms with E-state index in [1.165, 1.54) is 18.7 Å². The van der Waals surface area contributed by atoms with Crippen molar-refractivity contribution in [3.8, 4) is 5.75 Å². The van der Waals surface area contributed by atoms with E-state index in [4.69, 9.17) is 10.5 Å². The Balaban J connectivity index is 1.95. The van der Waals surface area contributed by atoms with Gasteiger partial charge in [0.05, 0.1) is 7.11 Å². The zero-order valence-electron chi connectivity index (χ0n) is 12.2. The molecule has 0 aliphatic carbocycles. The normalized spacial score (nSPS) is 12.0. The number of ether oxygens (including phenoxy) is 1. The van der Waals surface area contributed by atoms with Gasteiger partial charge in [-0.15, -0.1) is 0 Å². The second kappa shape index (κ2) is 7.64. The number of nitrogens with two attached hydrogens (primary N) is 1. The van der Waals surface area contributed by atoms with Gasteiger partial charge < -0.3 is 15.8 Å². The predicted molar refractivity (Wildman–Crippen MR) is 84.2 cm³/mol. The van der Waals surface area contributed by atoms with Crippen molar-refractivity contribution < 1.29 is 9.13 Å². The summed E-state index contributed by atoms with van der Waals surface area (Å²) >= 11 is 0. The minimum Gasteiger partial charge on any atom is -0.494 e. The molecule has 0 heterocycles. The van der Waals surface area contributed by atoms with E-state index in [9.17, 15) is 4.39 Å². The maximum absolute atomic E-state index is 13.4. The summed E-state index contributed by atoms with van der Waals surface area (Å²) in [5.41, 5.74) is 7.92. The molecule has 0 saturated carbocycles. The number of methoxy groups -OCH3 is 1. The van der Waals surface area contributed by atoms with Crippen LogP contribution in [0.2, 0.25) is 0 Å². The summed E-state index contributed by atoms with van der Waals surface area (Å²) in [6, 6.07) is 15.2. The second-order valence-electron chi connectivity index (χ2n) is 4.95. The van der Waals surface area contributed by atoms with E-state index in [0.29, 0.717) is 6.54 Å². The number of aryl methyl sites for hydroxylation is 1. The molecule has 1 atom stereocenters. The highest BCUT2D eigenvalue weighted by atomic mass is 19.1. The Hall–Kier alpha value is -2.07. The molecule has 3 nitrogen and oxygen atoms in total. The molecule has 0 aliphatic heterocycles. The first-order chi connectivity index (χ1) is 10.2. The molecule has 2 rings (SSSR count). The lowest BCUT2D eigenvalue weighted by atomic mass is 10.0. The van der Waals surface area contributed by atoms with Gasteiger partial charge in [-0.25, -0.2) is 4.39 Å². The Morgan fingerprint density at radius 1 is 1.19 bits per heavy atom. The Kier molecular flexibility index (Phi) is 5.58. The molecule has 3 N–H and O–H groups in total. The fraction of sp³-hybridized carbons (Fsp3) is 0.294. The molecule has 0 spiro atoms. The van der Waals surface area contributed by atoms with Crippen molar-refractivity contribution >= 4 is 5.69 Å². The number of benzene rings is 2. The SMILES string of the molecule is COc1cc(NC(CN)CCc2ccccc2)ccc1F. The predicted octanol–water partition coefficient (Wildman–Crippen LogP) is 3.21. The third kappa shape index (κ3) is 4.46. The van der Waals surface area contributed by atoms with Gasteiger partial charge in [0.25, 0.3) is 0 Å². The number of hydrogen-bond donors (Lipinski definition) is 2. The third-order valence-corrected chi connectivity index (χ3v) is 3.43. The van der Waals surface area contributed by atoms with Crippen LogP contribution in [0.1, 0.15) is 12.0 Å². The van der Waals surface area contributed by atoms with Crippen LogP contribution in [0, 0.1) is 5.82 Å². The maximum Gasteiger partial charge on any atom is 0.165 e. The van der Waals surface area contributed by atoms with Crippen molar-refractivity contribution in [2.75, 3.05) is 19.0 Å². The van der Waals surface area contributed by atoms with Crippen molar-refractivity contribution in [3.05, 3.63) is 59.9 Å². The highest BCUT2D eigenvalue weighted by molar-refractivity contribution is 5.49. The standard InChI is InChI=1S/C17H21FN2O/c1-21-17-11-14(9-10-16(17)18)20-15(12-19)8-7-13-5-3-2-4-6-13/h2-6,9-11,15,20H,7-8,12,19H2,1H3. The van der Waals surface area contributed by atoms with Crippen LogP contribution in [0.4, 0.5) is 10.1 Å². The van der Waals surface area contributed by atoms with Gasteiger partial charge in [0, 0.05) is 24.3 Å². The number of halogens is 1. The minimum atomic E-state index is -0.364. The number of nitrogens with one attached hydrogen (secondary N) is 1. The highest BCUT2D eigenvalue weighted by Crippen LogP contribution is 2.22. The van der Waals surface area contributed by atoms with E-state index in [-0.39, 0.29) is 17.6 Å². The van der Waals surface area contributed by atoms with E-state index in [1.807, 2.05) is 18.2 Å². The lowest BCUT2D eigenvalue weighted by Gasteiger charge is -2.18. The van der Waals surface area contributed by atoms with Crippen LogP contribution < -0.4 is 15.8 Å². The van der Waals surface area contributed by atoms with Gasteiger partial charge in [0.2, 0.25) is 0 Å². The lowest BCUT2D eigenvalue weighted by molar-refractivity contribution is 0.386. The van der Waals surface area contributed by atoms with E-state index in [0.717, 1.165) is 18.5 Å². The van der Waals surface area contributed by atoms with Gasteiger partial charge in [0.15, 0.2) is 11.6 Å². The lowest BCUT2D eigenvalue weighted by Crippen LogP contribution is -2.29. The quantitative estimate of drug-likeness (QED) is 0.822. The summed E-state index contributed by atoms with van der Waals surface area (Å²) in [5.74, 6) is -0.129. The Bertz CT molecular complexity index is 560. The summed E-state index contributed by atoms with van der Waals surface area (Å²) in [6.45, 7) is 0.520. The molecular formula is C17H21FN2O. The molecular weight excluding hydrogens is 267 g/mol. The molecule has 0 radical (unpaired) electrons. The van der Waals surface area contributed by atoms with E-state index >= 15 is 0 Å². The molecule has 0 fully saturated rings. The van der Waals surface area contributed by atoms with Gasteiger partial charge in [0.1, 0.15) is 0 Å². The van der Waals surface area contributed by atoms with Crippen molar-refractivity contribution in [2.24, 2.45) is 5.73 Å². The van der Waals surface area contributed by atoms with E-state index in [2.05, 4.69) is 17.4 Å². The fourth-order valence-electron chi connectivity index (χ4n) is 2.22.